The van der Waals surface area contributed by atoms with E-state index in [1.165, 1.54) is 18.4 Å². The Morgan fingerprint density at radius 2 is 2.14 bits per heavy atom. The molecule has 0 unspecified atom stereocenters. The Kier molecular flexibility index (Phi) is 5.69. The van der Waals surface area contributed by atoms with Crippen molar-refractivity contribution in [2.24, 2.45) is 0 Å². The summed E-state index contributed by atoms with van der Waals surface area (Å²) in [5.41, 5.74) is 0.887. The molecular weight excluding hydrogens is 290 g/mol. The van der Waals surface area contributed by atoms with Crippen molar-refractivity contribution in [1.29, 1.82) is 0 Å². The van der Waals surface area contributed by atoms with Gasteiger partial charge in [-0.05, 0) is 19.8 Å². The number of anilines is 1. The Bertz CT molecular complexity index is 497. The van der Waals surface area contributed by atoms with Crippen LogP contribution in [0.1, 0.15) is 31.4 Å². The minimum atomic E-state index is -0.306. The van der Waals surface area contributed by atoms with Gasteiger partial charge in [0.1, 0.15) is 0 Å². The average Bonchev–Trinajstić information content (AvgIpc) is 3.09. The first-order chi connectivity index (χ1) is 10.1. The Morgan fingerprint density at radius 3 is 2.71 bits per heavy atom. The SMILES string of the molecule is COC(=O)CN(CC(=O)Nc1nc(C)cs1)C1CCCC1. The Hall–Kier alpha value is -1.47. The molecule has 1 amide bonds. The zero-order chi connectivity index (χ0) is 15.2. The Balaban J connectivity index is 1.93. The molecule has 0 bridgehead atoms. The van der Waals surface area contributed by atoms with Gasteiger partial charge >= 0.3 is 5.97 Å². The van der Waals surface area contributed by atoms with Crippen molar-refractivity contribution in [3.8, 4) is 0 Å². The molecule has 1 N–H and O–H groups in total. The number of carbonyl (C=O) groups excluding carboxylic acids is 2. The first-order valence-corrected chi connectivity index (χ1v) is 7.99. The summed E-state index contributed by atoms with van der Waals surface area (Å²) in [4.78, 5) is 29.8. The molecule has 1 heterocycles. The third kappa shape index (κ3) is 4.78. The summed E-state index contributed by atoms with van der Waals surface area (Å²) in [6.45, 7) is 2.23. The molecular formula is C14H21N3O3S. The van der Waals surface area contributed by atoms with Crippen molar-refractivity contribution in [2.45, 2.75) is 38.6 Å². The summed E-state index contributed by atoms with van der Waals surface area (Å²) in [6.07, 6.45) is 4.35. The van der Waals surface area contributed by atoms with E-state index in [0.717, 1.165) is 31.4 Å². The first kappa shape index (κ1) is 15.9. The second-order valence-electron chi connectivity index (χ2n) is 5.26. The summed E-state index contributed by atoms with van der Waals surface area (Å²) >= 11 is 1.40. The minimum absolute atomic E-state index is 0.139. The van der Waals surface area contributed by atoms with E-state index in [4.69, 9.17) is 4.74 Å². The van der Waals surface area contributed by atoms with Gasteiger partial charge in [-0.2, -0.15) is 0 Å². The second-order valence-corrected chi connectivity index (χ2v) is 6.12. The van der Waals surface area contributed by atoms with Crippen LogP contribution >= 0.6 is 11.3 Å². The van der Waals surface area contributed by atoms with E-state index in [9.17, 15) is 9.59 Å². The van der Waals surface area contributed by atoms with Gasteiger partial charge in [0.05, 0.1) is 25.9 Å². The standard InChI is InChI=1S/C14H21N3O3S/c1-10-9-21-14(15-10)16-12(18)7-17(8-13(19)20-2)11-5-3-4-6-11/h9,11H,3-8H2,1-2H3,(H,15,16,18). The van der Waals surface area contributed by atoms with Gasteiger partial charge in [0, 0.05) is 11.4 Å². The molecule has 21 heavy (non-hydrogen) atoms. The highest BCUT2D eigenvalue weighted by Gasteiger charge is 2.26. The highest BCUT2D eigenvalue weighted by atomic mass is 32.1. The van der Waals surface area contributed by atoms with Gasteiger partial charge in [-0.15, -0.1) is 11.3 Å². The molecule has 6 nitrogen and oxygen atoms in total. The van der Waals surface area contributed by atoms with Gasteiger partial charge in [0.2, 0.25) is 5.91 Å². The average molecular weight is 311 g/mol. The van der Waals surface area contributed by atoms with Crippen molar-refractivity contribution in [3.05, 3.63) is 11.1 Å². The lowest BCUT2D eigenvalue weighted by molar-refractivity contribution is -0.142. The van der Waals surface area contributed by atoms with E-state index in [2.05, 4.69) is 10.3 Å². The number of thiazole rings is 1. The maximum Gasteiger partial charge on any atom is 0.319 e. The molecule has 1 aromatic rings. The van der Waals surface area contributed by atoms with Crippen molar-refractivity contribution < 1.29 is 14.3 Å². The zero-order valence-electron chi connectivity index (χ0n) is 12.4. The Morgan fingerprint density at radius 1 is 1.43 bits per heavy atom. The molecule has 1 aromatic heterocycles. The van der Waals surface area contributed by atoms with Crippen molar-refractivity contribution in [3.63, 3.8) is 0 Å². The molecule has 0 aliphatic heterocycles. The number of hydrogen-bond acceptors (Lipinski definition) is 6. The van der Waals surface area contributed by atoms with Crippen LogP contribution in [0.5, 0.6) is 0 Å². The van der Waals surface area contributed by atoms with E-state index >= 15 is 0 Å². The molecule has 0 atom stereocenters. The molecule has 1 aliphatic carbocycles. The summed E-state index contributed by atoms with van der Waals surface area (Å²) in [7, 11) is 1.37. The molecule has 0 saturated heterocycles. The van der Waals surface area contributed by atoms with Gasteiger partial charge < -0.3 is 10.1 Å². The van der Waals surface area contributed by atoms with E-state index in [-0.39, 0.29) is 31.0 Å². The summed E-state index contributed by atoms with van der Waals surface area (Å²) in [5.74, 6) is -0.444. The van der Waals surface area contributed by atoms with Gasteiger partial charge in [-0.3, -0.25) is 14.5 Å². The van der Waals surface area contributed by atoms with Crippen molar-refractivity contribution in [2.75, 3.05) is 25.5 Å². The van der Waals surface area contributed by atoms with Crippen molar-refractivity contribution in [1.82, 2.24) is 9.88 Å². The van der Waals surface area contributed by atoms with Gasteiger partial charge in [0.25, 0.3) is 0 Å². The highest BCUT2D eigenvalue weighted by Crippen LogP contribution is 2.23. The fourth-order valence-corrected chi connectivity index (χ4v) is 3.27. The molecule has 116 valence electrons. The van der Waals surface area contributed by atoms with E-state index in [1.807, 2.05) is 17.2 Å². The number of esters is 1. The second kappa shape index (κ2) is 7.51. The number of carbonyl (C=O) groups is 2. The summed E-state index contributed by atoms with van der Waals surface area (Å²) < 4.78 is 4.72. The molecule has 0 aromatic carbocycles. The third-order valence-corrected chi connectivity index (χ3v) is 4.49. The van der Waals surface area contributed by atoms with Crippen LogP contribution in [0.2, 0.25) is 0 Å². The monoisotopic (exact) mass is 311 g/mol. The predicted octanol–water partition coefficient (Wildman–Crippen LogP) is 1.81. The Labute approximate surface area is 128 Å². The largest absolute Gasteiger partial charge is 0.468 e. The maximum absolute atomic E-state index is 12.1. The normalized spacial score (nSPS) is 15.4. The lowest BCUT2D eigenvalue weighted by atomic mass is 10.2. The first-order valence-electron chi connectivity index (χ1n) is 7.11. The predicted molar refractivity (Wildman–Crippen MR) is 81.3 cm³/mol. The number of ether oxygens (including phenoxy) is 1. The number of aromatic nitrogens is 1. The van der Waals surface area contributed by atoms with Crippen LogP contribution in [0.3, 0.4) is 0 Å². The molecule has 2 rings (SSSR count). The summed E-state index contributed by atoms with van der Waals surface area (Å²) in [6, 6.07) is 0.285. The van der Waals surface area contributed by atoms with Crippen LogP contribution in [0.15, 0.2) is 5.38 Å². The number of hydrogen-bond donors (Lipinski definition) is 1. The zero-order valence-corrected chi connectivity index (χ0v) is 13.2. The summed E-state index contributed by atoms with van der Waals surface area (Å²) in [5, 5.41) is 5.27. The number of nitrogens with one attached hydrogen (secondary N) is 1. The van der Waals surface area contributed by atoms with Crippen molar-refractivity contribution >= 4 is 28.3 Å². The fraction of sp³-hybridized carbons (Fsp3) is 0.643. The third-order valence-electron chi connectivity index (χ3n) is 3.61. The number of amides is 1. The van der Waals surface area contributed by atoms with Gasteiger partial charge in [0.15, 0.2) is 5.13 Å². The quantitative estimate of drug-likeness (QED) is 0.811. The van der Waals surface area contributed by atoms with Crippen LogP contribution in [0.25, 0.3) is 0 Å². The lowest BCUT2D eigenvalue weighted by Crippen LogP contribution is -2.42. The van der Waals surface area contributed by atoms with Gasteiger partial charge in [-0.25, -0.2) is 4.98 Å². The van der Waals surface area contributed by atoms with Crippen LogP contribution in [0, 0.1) is 6.92 Å². The molecule has 0 spiro atoms. The minimum Gasteiger partial charge on any atom is -0.468 e. The maximum atomic E-state index is 12.1. The number of nitrogens with zero attached hydrogens (tertiary/aromatic N) is 2. The molecule has 0 radical (unpaired) electrons. The van der Waals surface area contributed by atoms with Gasteiger partial charge in [-0.1, -0.05) is 12.8 Å². The molecule has 1 fully saturated rings. The van der Waals surface area contributed by atoms with E-state index < -0.39 is 0 Å². The number of aryl methyl sites for hydroxylation is 1. The van der Waals surface area contributed by atoms with Crippen LogP contribution in [-0.2, 0) is 14.3 Å². The van der Waals surface area contributed by atoms with Crippen LogP contribution in [0.4, 0.5) is 5.13 Å². The molecule has 1 saturated carbocycles. The smallest absolute Gasteiger partial charge is 0.319 e. The van der Waals surface area contributed by atoms with E-state index in [1.54, 1.807) is 0 Å². The number of rotatable bonds is 6. The van der Waals surface area contributed by atoms with E-state index in [0.29, 0.717) is 5.13 Å². The highest BCUT2D eigenvalue weighted by molar-refractivity contribution is 7.13. The lowest BCUT2D eigenvalue weighted by Gasteiger charge is -2.26. The van der Waals surface area contributed by atoms with Crippen LogP contribution < -0.4 is 5.32 Å². The number of methoxy groups -OCH3 is 1. The molecule has 1 aliphatic rings. The topological polar surface area (TPSA) is 71.5 Å². The van der Waals surface area contributed by atoms with Crippen LogP contribution in [-0.4, -0.2) is 48.0 Å². The molecule has 7 heteroatoms. The fourth-order valence-electron chi connectivity index (χ4n) is 2.57.